The molecule has 19 heavy (non-hydrogen) atoms. The van der Waals surface area contributed by atoms with Gasteiger partial charge in [0.1, 0.15) is 17.3 Å². The summed E-state index contributed by atoms with van der Waals surface area (Å²) in [5.74, 6) is -1.70. The van der Waals surface area contributed by atoms with Crippen LogP contribution in [0.2, 0.25) is 5.02 Å². The quantitative estimate of drug-likeness (QED) is 0.666. The molecule has 0 atom stereocenters. The van der Waals surface area contributed by atoms with Crippen LogP contribution in [0.15, 0.2) is 36.4 Å². The molecule has 2 aromatic carbocycles. The smallest absolute Gasteiger partial charge is 0.162 e. The van der Waals surface area contributed by atoms with Gasteiger partial charge in [-0.2, -0.15) is 0 Å². The SMILES string of the molecule is N=C(N)c1ccc(Oc2ccc(F)c(F)c2)c(Cl)c1. The minimum absolute atomic E-state index is 0.122. The van der Waals surface area contributed by atoms with Crippen LogP contribution >= 0.6 is 11.6 Å². The number of nitrogens with two attached hydrogens (primary N) is 1. The Labute approximate surface area is 113 Å². The van der Waals surface area contributed by atoms with E-state index >= 15 is 0 Å². The average Bonchev–Trinajstić information content (AvgIpc) is 2.36. The lowest BCUT2D eigenvalue weighted by Crippen LogP contribution is -2.10. The van der Waals surface area contributed by atoms with Crippen molar-refractivity contribution >= 4 is 17.4 Å². The van der Waals surface area contributed by atoms with Gasteiger partial charge in [-0.3, -0.25) is 5.41 Å². The van der Waals surface area contributed by atoms with Gasteiger partial charge in [0.25, 0.3) is 0 Å². The van der Waals surface area contributed by atoms with Crippen LogP contribution in [0.4, 0.5) is 8.78 Å². The molecule has 3 nitrogen and oxygen atoms in total. The number of nitrogens with one attached hydrogen (secondary N) is 1. The molecule has 2 rings (SSSR count). The van der Waals surface area contributed by atoms with Gasteiger partial charge in [0, 0.05) is 11.6 Å². The van der Waals surface area contributed by atoms with Crippen molar-refractivity contribution in [2.24, 2.45) is 5.73 Å². The van der Waals surface area contributed by atoms with E-state index in [1.807, 2.05) is 0 Å². The lowest BCUT2D eigenvalue weighted by Gasteiger charge is -2.09. The van der Waals surface area contributed by atoms with E-state index in [9.17, 15) is 8.78 Å². The number of amidine groups is 1. The zero-order valence-electron chi connectivity index (χ0n) is 9.58. The number of benzene rings is 2. The van der Waals surface area contributed by atoms with Crippen LogP contribution in [-0.4, -0.2) is 5.84 Å². The van der Waals surface area contributed by atoms with E-state index < -0.39 is 11.6 Å². The average molecular weight is 283 g/mol. The Morgan fingerprint density at radius 3 is 2.42 bits per heavy atom. The third-order valence-electron chi connectivity index (χ3n) is 2.36. The Hall–Kier alpha value is -2.14. The van der Waals surface area contributed by atoms with Crippen molar-refractivity contribution < 1.29 is 13.5 Å². The molecule has 98 valence electrons. The fourth-order valence-electron chi connectivity index (χ4n) is 1.42. The molecule has 3 N–H and O–H groups in total. The van der Waals surface area contributed by atoms with E-state index in [-0.39, 0.29) is 22.4 Å². The van der Waals surface area contributed by atoms with Crippen molar-refractivity contribution in [2.45, 2.75) is 0 Å². The summed E-state index contributed by atoms with van der Waals surface area (Å²) in [4.78, 5) is 0. The van der Waals surface area contributed by atoms with Crippen LogP contribution in [0, 0.1) is 17.0 Å². The van der Waals surface area contributed by atoms with Crippen molar-refractivity contribution in [3.8, 4) is 11.5 Å². The first kappa shape index (κ1) is 13.3. The summed E-state index contributed by atoms with van der Waals surface area (Å²) in [6.45, 7) is 0. The standard InChI is InChI=1S/C13H9ClF2N2O/c14-9-5-7(13(17)18)1-4-12(9)19-8-2-3-10(15)11(16)6-8/h1-6H,(H3,17,18). The first-order valence-corrected chi connectivity index (χ1v) is 5.62. The molecule has 0 aliphatic rings. The van der Waals surface area contributed by atoms with Gasteiger partial charge in [0.05, 0.1) is 5.02 Å². The Morgan fingerprint density at radius 1 is 1.11 bits per heavy atom. The molecule has 0 heterocycles. The monoisotopic (exact) mass is 282 g/mol. The van der Waals surface area contributed by atoms with Crippen LogP contribution < -0.4 is 10.5 Å². The predicted octanol–water partition coefficient (Wildman–Crippen LogP) is 3.69. The van der Waals surface area contributed by atoms with Crippen molar-refractivity contribution in [1.82, 2.24) is 0 Å². The predicted molar refractivity (Wildman–Crippen MR) is 68.9 cm³/mol. The van der Waals surface area contributed by atoms with Gasteiger partial charge in [0.2, 0.25) is 0 Å². The van der Waals surface area contributed by atoms with Crippen LogP contribution in [-0.2, 0) is 0 Å². The lowest BCUT2D eigenvalue weighted by molar-refractivity contribution is 0.461. The van der Waals surface area contributed by atoms with Crippen molar-refractivity contribution in [3.05, 3.63) is 58.6 Å². The lowest BCUT2D eigenvalue weighted by atomic mass is 10.2. The summed E-state index contributed by atoms with van der Waals surface area (Å²) in [6.07, 6.45) is 0. The summed E-state index contributed by atoms with van der Waals surface area (Å²) >= 11 is 5.95. The molecule has 0 unspecified atom stereocenters. The van der Waals surface area contributed by atoms with Crippen LogP contribution in [0.1, 0.15) is 5.56 Å². The molecular weight excluding hydrogens is 274 g/mol. The van der Waals surface area contributed by atoms with Crippen molar-refractivity contribution in [2.75, 3.05) is 0 Å². The maximum atomic E-state index is 13.0. The highest BCUT2D eigenvalue weighted by atomic mass is 35.5. The Morgan fingerprint density at radius 2 is 1.84 bits per heavy atom. The van der Waals surface area contributed by atoms with E-state index in [4.69, 9.17) is 27.5 Å². The van der Waals surface area contributed by atoms with Gasteiger partial charge in [0.15, 0.2) is 11.6 Å². The third-order valence-corrected chi connectivity index (χ3v) is 2.66. The molecule has 0 radical (unpaired) electrons. The van der Waals surface area contributed by atoms with E-state index in [1.54, 1.807) is 6.07 Å². The summed E-state index contributed by atoms with van der Waals surface area (Å²) in [5.41, 5.74) is 5.76. The molecule has 6 heteroatoms. The third kappa shape index (κ3) is 3.00. The molecule has 2 aromatic rings. The van der Waals surface area contributed by atoms with Crippen molar-refractivity contribution in [1.29, 1.82) is 5.41 Å². The molecule has 0 saturated carbocycles. The van der Waals surface area contributed by atoms with Gasteiger partial charge >= 0.3 is 0 Å². The summed E-state index contributed by atoms with van der Waals surface area (Å²) in [5, 5.41) is 7.48. The maximum Gasteiger partial charge on any atom is 0.162 e. The van der Waals surface area contributed by atoms with Gasteiger partial charge in [-0.05, 0) is 30.3 Å². The number of halogens is 3. The van der Waals surface area contributed by atoms with Crippen LogP contribution in [0.25, 0.3) is 0 Å². The molecule has 0 aliphatic carbocycles. The summed E-state index contributed by atoms with van der Waals surface area (Å²) in [7, 11) is 0. The largest absolute Gasteiger partial charge is 0.456 e. The Bertz CT molecular complexity index is 647. The van der Waals surface area contributed by atoms with E-state index in [2.05, 4.69) is 0 Å². The number of rotatable bonds is 3. The van der Waals surface area contributed by atoms with Gasteiger partial charge in [-0.25, -0.2) is 8.78 Å². The van der Waals surface area contributed by atoms with Crippen LogP contribution in [0.3, 0.4) is 0 Å². The number of hydrogen-bond donors (Lipinski definition) is 2. The number of ether oxygens (including phenoxy) is 1. The highest BCUT2D eigenvalue weighted by Crippen LogP contribution is 2.30. The second kappa shape index (κ2) is 5.24. The summed E-state index contributed by atoms with van der Waals surface area (Å²) in [6, 6.07) is 7.67. The fraction of sp³-hybridized carbons (Fsp3) is 0. The summed E-state index contributed by atoms with van der Waals surface area (Å²) < 4.78 is 31.1. The normalized spacial score (nSPS) is 10.3. The maximum absolute atomic E-state index is 13.0. The van der Waals surface area contributed by atoms with Crippen molar-refractivity contribution in [3.63, 3.8) is 0 Å². The molecule has 0 bridgehead atoms. The second-order valence-electron chi connectivity index (χ2n) is 3.74. The van der Waals surface area contributed by atoms with E-state index in [0.717, 1.165) is 12.1 Å². The fourth-order valence-corrected chi connectivity index (χ4v) is 1.64. The van der Waals surface area contributed by atoms with E-state index in [1.165, 1.54) is 18.2 Å². The zero-order valence-corrected chi connectivity index (χ0v) is 10.3. The van der Waals surface area contributed by atoms with Gasteiger partial charge < -0.3 is 10.5 Å². The molecule has 0 spiro atoms. The zero-order chi connectivity index (χ0) is 14.0. The molecule has 0 saturated heterocycles. The number of nitrogen functional groups attached to an aromatic ring is 1. The highest BCUT2D eigenvalue weighted by Gasteiger charge is 2.08. The molecule has 0 aliphatic heterocycles. The molecule has 0 fully saturated rings. The highest BCUT2D eigenvalue weighted by molar-refractivity contribution is 6.32. The minimum Gasteiger partial charge on any atom is -0.456 e. The second-order valence-corrected chi connectivity index (χ2v) is 4.14. The molecular formula is C13H9ClF2N2O. The number of hydrogen-bond acceptors (Lipinski definition) is 2. The van der Waals surface area contributed by atoms with Gasteiger partial charge in [-0.15, -0.1) is 0 Å². The molecule has 0 amide bonds. The van der Waals surface area contributed by atoms with Gasteiger partial charge in [-0.1, -0.05) is 11.6 Å². The first-order valence-electron chi connectivity index (χ1n) is 5.24. The topological polar surface area (TPSA) is 59.1 Å². The first-order chi connectivity index (χ1) is 8.97. The molecule has 0 aromatic heterocycles. The van der Waals surface area contributed by atoms with E-state index in [0.29, 0.717) is 5.56 Å². The minimum atomic E-state index is -1.01. The van der Waals surface area contributed by atoms with Crippen LogP contribution in [0.5, 0.6) is 11.5 Å². The Kier molecular flexibility index (Phi) is 3.66. The Balaban J connectivity index is 2.28.